The second-order valence-corrected chi connectivity index (χ2v) is 3.78. The molecule has 1 heterocycles. The van der Waals surface area contributed by atoms with Gasteiger partial charge in [0.1, 0.15) is 5.76 Å². The van der Waals surface area contributed by atoms with Gasteiger partial charge in [-0.05, 0) is 41.0 Å². The van der Waals surface area contributed by atoms with Gasteiger partial charge < -0.3 is 4.74 Å². The maximum Gasteiger partial charge on any atom is 0.131 e. The molecule has 0 saturated carbocycles. The highest BCUT2D eigenvalue weighted by Crippen LogP contribution is 2.35. The summed E-state index contributed by atoms with van der Waals surface area (Å²) in [5.41, 5.74) is 1.53. The molecule has 0 radical (unpaired) electrons. The van der Waals surface area contributed by atoms with E-state index < -0.39 is 0 Å². The van der Waals surface area contributed by atoms with Crippen LogP contribution < -0.4 is 0 Å². The number of hydrogen-bond donors (Lipinski definition) is 0. The minimum absolute atomic E-state index is 0.908. The summed E-state index contributed by atoms with van der Waals surface area (Å²) in [6.07, 6.45) is 5.85. The van der Waals surface area contributed by atoms with Crippen LogP contribution in [-0.4, -0.2) is 6.61 Å². The molecule has 2 rings (SSSR count). The van der Waals surface area contributed by atoms with Gasteiger partial charge in [-0.25, -0.2) is 0 Å². The van der Waals surface area contributed by atoms with E-state index in [9.17, 15) is 0 Å². The van der Waals surface area contributed by atoms with E-state index in [1.807, 2.05) is 0 Å². The fourth-order valence-electron chi connectivity index (χ4n) is 1.43. The highest BCUT2D eigenvalue weighted by Gasteiger charge is 2.20. The summed E-state index contributed by atoms with van der Waals surface area (Å²) in [5, 5.41) is 0. The number of halogens is 1. The summed E-state index contributed by atoms with van der Waals surface area (Å²) < 4.78 is 6.79. The molecule has 0 aromatic rings. The zero-order valence-electron chi connectivity index (χ0n) is 5.69. The molecule has 0 unspecified atom stereocenters. The van der Waals surface area contributed by atoms with Crippen molar-refractivity contribution >= 4 is 22.6 Å². The third-order valence-corrected chi connectivity index (χ3v) is 2.89. The van der Waals surface area contributed by atoms with Gasteiger partial charge in [0.2, 0.25) is 0 Å². The molecule has 2 aliphatic rings. The van der Waals surface area contributed by atoms with Crippen molar-refractivity contribution in [2.24, 2.45) is 0 Å². The largest absolute Gasteiger partial charge is 0.492 e. The smallest absolute Gasteiger partial charge is 0.131 e. The SMILES string of the molecule is IC1=CCCC2=C1OCC2. The second kappa shape index (κ2) is 2.57. The van der Waals surface area contributed by atoms with Crippen molar-refractivity contribution in [2.45, 2.75) is 19.3 Å². The third-order valence-electron chi connectivity index (χ3n) is 1.96. The van der Waals surface area contributed by atoms with Crippen LogP contribution in [0.3, 0.4) is 0 Å². The van der Waals surface area contributed by atoms with Crippen molar-refractivity contribution in [2.75, 3.05) is 6.61 Å². The van der Waals surface area contributed by atoms with Crippen LogP contribution in [-0.2, 0) is 4.74 Å². The molecule has 54 valence electrons. The predicted molar refractivity (Wildman–Crippen MR) is 48.9 cm³/mol. The van der Waals surface area contributed by atoms with E-state index in [0.29, 0.717) is 0 Å². The van der Waals surface area contributed by atoms with Gasteiger partial charge in [0.15, 0.2) is 0 Å². The quantitative estimate of drug-likeness (QED) is 0.599. The van der Waals surface area contributed by atoms with Crippen molar-refractivity contribution in [1.29, 1.82) is 0 Å². The Morgan fingerprint density at radius 3 is 3.10 bits per heavy atom. The topological polar surface area (TPSA) is 9.23 Å². The molecule has 1 aliphatic carbocycles. The molecule has 0 saturated heterocycles. The van der Waals surface area contributed by atoms with Crippen LogP contribution in [0.1, 0.15) is 19.3 Å². The summed E-state index contributed by atoms with van der Waals surface area (Å²) in [4.78, 5) is 0. The Balaban J connectivity index is 2.33. The molecule has 0 amide bonds. The first-order valence-electron chi connectivity index (χ1n) is 3.59. The van der Waals surface area contributed by atoms with Crippen LogP contribution in [0.15, 0.2) is 21.0 Å². The van der Waals surface area contributed by atoms with Gasteiger partial charge in [-0.2, -0.15) is 0 Å². The van der Waals surface area contributed by atoms with Crippen LogP contribution in [0.25, 0.3) is 0 Å². The first-order chi connectivity index (χ1) is 4.88. The first-order valence-corrected chi connectivity index (χ1v) is 4.66. The van der Waals surface area contributed by atoms with E-state index in [-0.39, 0.29) is 0 Å². The lowest BCUT2D eigenvalue weighted by Crippen LogP contribution is -1.91. The maximum atomic E-state index is 5.47. The van der Waals surface area contributed by atoms with Gasteiger partial charge in [0.05, 0.1) is 10.2 Å². The number of allylic oxidation sites excluding steroid dienone is 2. The molecule has 0 aromatic carbocycles. The summed E-state index contributed by atoms with van der Waals surface area (Å²) in [6.45, 7) is 0.908. The van der Waals surface area contributed by atoms with E-state index >= 15 is 0 Å². The first kappa shape index (κ1) is 6.70. The van der Waals surface area contributed by atoms with Crippen molar-refractivity contribution < 1.29 is 4.74 Å². The number of ether oxygens (including phenoxy) is 1. The lowest BCUT2D eigenvalue weighted by molar-refractivity contribution is 0.256. The Morgan fingerprint density at radius 2 is 2.30 bits per heavy atom. The molecule has 0 aromatic heterocycles. The fourth-order valence-corrected chi connectivity index (χ4v) is 2.28. The Morgan fingerprint density at radius 1 is 1.40 bits per heavy atom. The predicted octanol–water partition coefficient (Wildman–Crippen LogP) is 2.77. The standard InChI is InChI=1S/C8H9IO/c9-7-3-1-2-6-4-5-10-8(6)7/h3H,1-2,4-5H2. The van der Waals surface area contributed by atoms with Gasteiger partial charge in [0, 0.05) is 6.42 Å². The minimum atomic E-state index is 0.908. The lowest BCUT2D eigenvalue weighted by atomic mass is 10.0. The molecule has 0 fully saturated rings. The molecule has 0 spiro atoms. The summed E-state index contributed by atoms with van der Waals surface area (Å²) in [7, 11) is 0. The fraction of sp³-hybridized carbons (Fsp3) is 0.500. The zero-order chi connectivity index (χ0) is 6.97. The van der Waals surface area contributed by atoms with Crippen molar-refractivity contribution in [3.8, 4) is 0 Å². The number of hydrogen-bond acceptors (Lipinski definition) is 1. The van der Waals surface area contributed by atoms with Gasteiger partial charge in [0.25, 0.3) is 0 Å². The highest BCUT2D eigenvalue weighted by molar-refractivity contribution is 14.1. The molecule has 0 bridgehead atoms. The monoisotopic (exact) mass is 248 g/mol. The Labute approximate surface area is 74.3 Å². The van der Waals surface area contributed by atoms with Crippen molar-refractivity contribution in [3.05, 3.63) is 21.0 Å². The third kappa shape index (κ3) is 0.983. The second-order valence-electron chi connectivity index (χ2n) is 2.62. The molecule has 2 heteroatoms. The van der Waals surface area contributed by atoms with Crippen LogP contribution in [0.4, 0.5) is 0 Å². The van der Waals surface area contributed by atoms with Gasteiger partial charge in [-0.15, -0.1) is 0 Å². The Hall–Kier alpha value is 0.01000. The summed E-state index contributed by atoms with van der Waals surface area (Å²) >= 11 is 2.35. The van der Waals surface area contributed by atoms with E-state index in [1.54, 1.807) is 0 Å². The average molecular weight is 248 g/mol. The summed E-state index contributed by atoms with van der Waals surface area (Å²) in [6, 6.07) is 0. The number of rotatable bonds is 0. The molecule has 1 nitrogen and oxygen atoms in total. The highest BCUT2D eigenvalue weighted by atomic mass is 127. The van der Waals surface area contributed by atoms with E-state index in [2.05, 4.69) is 28.7 Å². The minimum Gasteiger partial charge on any atom is -0.492 e. The zero-order valence-corrected chi connectivity index (χ0v) is 7.85. The molecule has 0 N–H and O–H groups in total. The van der Waals surface area contributed by atoms with E-state index in [1.165, 1.54) is 27.8 Å². The van der Waals surface area contributed by atoms with Gasteiger partial charge in [-0.1, -0.05) is 6.08 Å². The molecule has 1 aliphatic heterocycles. The van der Waals surface area contributed by atoms with Crippen LogP contribution in [0, 0.1) is 0 Å². The van der Waals surface area contributed by atoms with Gasteiger partial charge in [-0.3, -0.25) is 0 Å². The normalized spacial score (nSPS) is 23.9. The van der Waals surface area contributed by atoms with Crippen LogP contribution in [0.5, 0.6) is 0 Å². The maximum absolute atomic E-state index is 5.47. The Bertz CT molecular complexity index is 215. The van der Waals surface area contributed by atoms with Crippen LogP contribution >= 0.6 is 22.6 Å². The average Bonchev–Trinajstić information content (AvgIpc) is 2.36. The van der Waals surface area contributed by atoms with Crippen molar-refractivity contribution in [1.82, 2.24) is 0 Å². The summed E-state index contributed by atoms with van der Waals surface area (Å²) in [5.74, 6) is 1.19. The molecular formula is C8H9IO. The van der Waals surface area contributed by atoms with Crippen LogP contribution in [0.2, 0.25) is 0 Å². The Kier molecular flexibility index (Phi) is 1.72. The van der Waals surface area contributed by atoms with Crippen molar-refractivity contribution in [3.63, 3.8) is 0 Å². The molecular weight excluding hydrogens is 239 g/mol. The molecule has 0 atom stereocenters. The van der Waals surface area contributed by atoms with E-state index in [4.69, 9.17) is 4.74 Å². The van der Waals surface area contributed by atoms with Gasteiger partial charge >= 0.3 is 0 Å². The van der Waals surface area contributed by atoms with E-state index in [0.717, 1.165) is 13.0 Å². The lowest BCUT2D eigenvalue weighted by Gasteiger charge is -2.09. The molecule has 10 heavy (non-hydrogen) atoms.